The van der Waals surface area contributed by atoms with Gasteiger partial charge in [-0.1, -0.05) is 53.5 Å². The Kier molecular flexibility index (Phi) is 10.3. The Bertz CT molecular complexity index is 2330. The van der Waals surface area contributed by atoms with Gasteiger partial charge in [-0.05, 0) is 86.7 Å². The first-order valence-electron chi connectivity index (χ1n) is 20.8. The Morgan fingerprint density at radius 2 is 1.69 bits per heavy atom. The van der Waals surface area contributed by atoms with Crippen molar-refractivity contribution in [2.24, 2.45) is 0 Å². The van der Waals surface area contributed by atoms with Crippen molar-refractivity contribution in [2.45, 2.75) is 135 Å². The average molecular weight is 811 g/mol. The molecule has 2 aromatic heterocycles. The van der Waals surface area contributed by atoms with Crippen molar-refractivity contribution in [3.8, 4) is 28.5 Å². The maximum Gasteiger partial charge on any atom is 0.410 e. The third-order valence-electron chi connectivity index (χ3n) is 13.0. The molecule has 0 N–H and O–H groups in total. The number of nitrogens with zero attached hydrogens (tertiary/aromatic N) is 4. The van der Waals surface area contributed by atoms with E-state index < -0.39 is 30.9 Å². The molecular weight excluding hydrogens is 755 g/mol. The van der Waals surface area contributed by atoms with Crippen molar-refractivity contribution in [1.82, 2.24) is 14.9 Å². The van der Waals surface area contributed by atoms with Gasteiger partial charge in [-0.2, -0.15) is 0 Å². The highest BCUT2D eigenvalue weighted by molar-refractivity contribution is 6.90. The summed E-state index contributed by atoms with van der Waals surface area (Å²) in [5, 5.41) is 2.15. The smallest absolute Gasteiger partial charge is 0.410 e. The highest BCUT2D eigenvalue weighted by atomic mass is 28.3. The molecule has 2 aromatic carbocycles. The molecule has 3 fully saturated rings. The SMILES string of the molecule is COCOc1cc(-c2ncc3c(N4CC5CCC(C4)N5C(=O)OC(C)(C)C)nc4c(c3c2F)C2(CC2)OC4)c2c(C#C[Si](C(C)C)(C(C)C)C(C)C)c(F)ccc2c1. The molecule has 4 aromatic rings. The van der Waals surface area contributed by atoms with Crippen molar-refractivity contribution >= 4 is 41.5 Å². The summed E-state index contributed by atoms with van der Waals surface area (Å²) in [6.45, 7) is 20.3. The van der Waals surface area contributed by atoms with Gasteiger partial charge in [0.1, 0.15) is 36.8 Å². The maximum atomic E-state index is 18.0. The summed E-state index contributed by atoms with van der Waals surface area (Å²) < 4.78 is 57.7. The summed E-state index contributed by atoms with van der Waals surface area (Å²) in [4.78, 5) is 27.5. The van der Waals surface area contributed by atoms with E-state index in [9.17, 15) is 4.79 Å². The van der Waals surface area contributed by atoms with Crippen LogP contribution in [0.2, 0.25) is 16.6 Å². The molecule has 1 amide bonds. The van der Waals surface area contributed by atoms with Crippen molar-refractivity contribution in [3.63, 3.8) is 0 Å². The number of amides is 1. The average Bonchev–Trinajstić information content (AvgIpc) is 3.78. The molecule has 1 aliphatic carbocycles. The molecular formula is C46H56F2N4O5Si. The van der Waals surface area contributed by atoms with Crippen LogP contribution in [-0.4, -0.2) is 73.7 Å². The molecule has 0 radical (unpaired) electrons. The summed E-state index contributed by atoms with van der Waals surface area (Å²) in [5.74, 6) is 3.45. The number of aromatic nitrogens is 2. The van der Waals surface area contributed by atoms with Crippen molar-refractivity contribution in [3.05, 3.63) is 58.9 Å². The van der Waals surface area contributed by atoms with E-state index in [4.69, 9.17) is 28.9 Å². The predicted molar refractivity (Wildman–Crippen MR) is 226 cm³/mol. The van der Waals surface area contributed by atoms with Crippen molar-refractivity contribution < 1.29 is 32.5 Å². The highest BCUT2D eigenvalue weighted by Gasteiger charge is 2.54. The van der Waals surface area contributed by atoms with Crippen molar-refractivity contribution in [2.75, 3.05) is 31.9 Å². The summed E-state index contributed by atoms with van der Waals surface area (Å²) in [5.41, 5.74) is 5.69. The molecule has 3 aliphatic heterocycles. The van der Waals surface area contributed by atoms with Gasteiger partial charge in [0.15, 0.2) is 12.6 Å². The number of hydrogen-bond donors (Lipinski definition) is 0. The number of rotatable bonds is 8. The van der Waals surface area contributed by atoms with Crippen LogP contribution >= 0.6 is 0 Å². The number of fused-ring (bicyclic) bond motifs is 7. The van der Waals surface area contributed by atoms with Gasteiger partial charge in [0, 0.05) is 53.7 Å². The number of benzene rings is 2. The van der Waals surface area contributed by atoms with Gasteiger partial charge in [0.2, 0.25) is 0 Å². The molecule has 308 valence electrons. The second kappa shape index (κ2) is 14.7. The van der Waals surface area contributed by atoms with E-state index in [-0.39, 0.29) is 42.8 Å². The minimum Gasteiger partial charge on any atom is -0.468 e. The van der Waals surface area contributed by atoms with Crippen LogP contribution in [0.25, 0.3) is 32.8 Å². The highest BCUT2D eigenvalue weighted by Crippen LogP contribution is 2.58. The normalized spacial score (nSPS) is 19.8. The first kappa shape index (κ1) is 40.5. The van der Waals surface area contributed by atoms with E-state index in [2.05, 4.69) is 57.9 Å². The molecule has 5 heterocycles. The fourth-order valence-corrected chi connectivity index (χ4v) is 15.5. The Hall–Kier alpha value is -4.31. The van der Waals surface area contributed by atoms with Crippen LogP contribution < -0.4 is 9.64 Å². The zero-order chi connectivity index (χ0) is 41.5. The van der Waals surface area contributed by atoms with Crippen LogP contribution in [0.4, 0.5) is 19.4 Å². The van der Waals surface area contributed by atoms with E-state index in [0.29, 0.717) is 68.4 Å². The van der Waals surface area contributed by atoms with E-state index >= 15 is 8.78 Å². The van der Waals surface area contributed by atoms with Crippen LogP contribution in [0.15, 0.2) is 30.5 Å². The predicted octanol–water partition coefficient (Wildman–Crippen LogP) is 10.4. The van der Waals surface area contributed by atoms with Gasteiger partial charge in [0.05, 0.1) is 35.5 Å². The van der Waals surface area contributed by atoms with Crippen LogP contribution in [0, 0.1) is 23.1 Å². The zero-order valence-corrected chi connectivity index (χ0v) is 36.5. The summed E-state index contributed by atoms with van der Waals surface area (Å²) in [6.07, 6.45) is 4.64. The summed E-state index contributed by atoms with van der Waals surface area (Å²) >= 11 is 0. The molecule has 9 nitrogen and oxygen atoms in total. The van der Waals surface area contributed by atoms with Gasteiger partial charge in [0.25, 0.3) is 0 Å². The van der Waals surface area contributed by atoms with E-state index in [0.717, 1.165) is 36.9 Å². The largest absolute Gasteiger partial charge is 0.468 e. The fourth-order valence-electron chi connectivity index (χ4n) is 10.3. The second-order valence-electron chi connectivity index (χ2n) is 18.6. The number of carbonyl (C=O) groups excluding carboxylic acids is 1. The zero-order valence-electron chi connectivity index (χ0n) is 35.5. The number of carbonyl (C=O) groups is 1. The maximum absolute atomic E-state index is 18.0. The van der Waals surface area contributed by atoms with Gasteiger partial charge in [-0.25, -0.2) is 18.6 Å². The lowest BCUT2D eigenvalue weighted by atomic mass is 9.93. The Balaban J connectivity index is 1.32. The van der Waals surface area contributed by atoms with Gasteiger partial charge >= 0.3 is 6.09 Å². The van der Waals surface area contributed by atoms with Crippen LogP contribution in [-0.2, 0) is 26.4 Å². The van der Waals surface area contributed by atoms with E-state index in [1.807, 2.05) is 31.7 Å². The lowest BCUT2D eigenvalue weighted by Gasteiger charge is -2.42. The number of methoxy groups -OCH3 is 1. The summed E-state index contributed by atoms with van der Waals surface area (Å²) in [7, 11) is -0.740. The second-order valence-corrected chi connectivity index (χ2v) is 24.2. The molecule has 4 aliphatic rings. The fraction of sp³-hybridized carbons (Fsp3) is 0.543. The molecule has 8 rings (SSSR count). The standard InChI is InChI=1S/C46H56F2N4O5Si/c1-26(2)58(27(3)4,28(5)6)18-15-33-36(47)14-11-29-19-32(55-25-54-10)20-34(38(29)33)42-41(48)39-35(21-49-42)43(50-37-24-56-46(16-17-46)40(37)39)51-22-30-12-13-31(23-51)52(30)44(53)57-45(7,8)9/h11,14,19-21,26-28,30-31H,12-13,16-17,22-25H2,1-10H3. The number of pyridine rings is 2. The van der Waals surface area contributed by atoms with Gasteiger partial charge in [-0.15, -0.1) is 5.54 Å². The number of hydrogen-bond acceptors (Lipinski definition) is 8. The third-order valence-corrected chi connectivity index (χ3v) is 19.3. The molecule has 12 heteroatoms. The molecule has 1 spiro atoms. The quantitative estimate of drug-likeness (QED) is 0.0988. The first-order valence-corrected chi connectivity index (χ1v) is 23.1. The number of piperazine rings is 1. The summed E-state index contributed by atoms with van der Waals surface area (Å²) in [6, 6.07) is 6.52. The Labute approximate surface area is 341 Å². The molecule has 1 saturated carbocycles. The van der Waals surface area contributed by atoms with Crippen LogP contribution in [0.1, 0.15) is 105 Å². The lowest BCUT2D eigenvalue weighted by Crippen LogP contribution is -2.57. The molecule has 2 unspecified atom stereocenters. The number of halogens is 2. The molecule has 2 atom stereocenters. The van der Waals surface area contributed by atoms with E-state index in [1.165, 1.54) is 13.2 Å². The minimum absolute atomic E-state index is 0.0245. The number of anilines is 1. The van der Waals surface area contributed by atoms with Gasteiger partial charge in [-0.3, -0.25) is 9.88 Å². The minimum atomic E-state index is -2.28. The number of ether oxygens (including phenoxy) is 4. The lowest BCUT2D eigenvalue weighted by molar-refractivity contribution is 0.0123. The molecule has 58 heavy (non-hydrogen) atoms. The Morgan fingerprint density at radius 3 is 2.29 bits per heavy atom. The van der Waals surface area contributed by atoms with Crippen molar-refractivity contribution in [1.29, 1.82) is 0 Å². The molecule has 2 saturated heterocycles. The monoisotopic (exact) mass is 810 g/mol. The van der Waals surface area contributed by atoms with E-state index in [1.54, 1.807) is 18.3 Å². The van der Waals surface area contributed by atoms with Crippen LogP contribution in [0.5, 0.6) is 5.75 Å². The topological polar surface area (TPSA) is 86.3 Å². The van der Waals surface area contributed by atoms with Crippen LogP contribution in [0.3, 0.4) is 0 Å². The Morgan fingerprint density at radius 1 is 1.02 bits per heavy atom. The first-order chi connectivity index (χ1) is 27.5. The molecule has 2 bridgehead atoms. The van der Waals surface area contributed by atoms with Gasteiger partial charge < -0.3 is 23.8 Å². The third kappa shape index (κ3) is 6.71.